The fraction of sp³-hybridized carbons (Fsp3) is 0.562. The van der Waals surface area contributed by atoms with E-state index in [0.29, 0.717) is 30.2 Å². The zero-order valence-corrected chi connectivity index (χ0v) is 13.5. The Morgan fingerprint density at radius 3 is 2.43 bits per heavy atom. The molecule has 0 aliphatic rings. The first-order valence-electron chi connectivity index (χ1n) is 7.25. The minimum atomic E-state index is -0.0334. The summed E-state index contributed by atoms with van der Waals surface area (Å²) in [6.45, 7) is 9.25. The van der Waals surface area contributed by atoms with Crippen LogP contribution in [0, 0.1) is 0 Å². The molecule has 21 heavy (non-hydrogen) atoms. The second-order valence-corrected chi connectivity index (χ2v) is 4.85. The molecule has 0 spiro atoms. The number of carbonyl (C=O) groups excluding carboxylic acids is 1. The number of hydrogen-bond donors (Lipinski definition) is 0. The minimum Gasteiger partial charge on any atom is -0.490 e. The smallest absolute Gasteiger partial charge is 0.257 e. The van der Waals surface area contributed by atoms with E-state index in [1.807, 2.05) is 27.7 Å². The summed E-state index contributed by atoms with van der Waals surface area (Å²) in [5.41, 5.74) is 0.553. The van der Waals surface area contributed by atoms with Crippen molar-refractivity contribution in [1.82, 2.24) is 4.90 Å². The molecule has 0 radical (unpaired) electrons. The number of nitrogens with zero attached hydrogens (tertiary/aromatic N) is 1. The van der Waals surface area contributed by atoms with Crippen molar-refractivity contribution in [2.24, 2.45) is 0 Å². The van der Waals surface area contributed by atoms with E-state index in [9.17, 15) is 4.79 Å². The summed E-state index contributed by atoms with van der Waals surface area (Å²) >= 11 is 0. The Hall–Kier alpha value is -1.75. The highest BCUT2D eigenvalue weighted by molar-refractivity contribution is 5.97. The number of ether oxygens (including phenoxy) is 3. The van der Waals surface area contributed by atoms with Gasteiger partial charge in [0.05, 0.1) is 11.7 Å². The lowest BCUT2D eigenvalue weighted by Gasteiger charge is -2.21. The minimum absolute atomic E-state index is 0.0223. The van der Waals surface area contributed by atoms with Crippen molar-refractivity contribution in [3.8, 4) is 11.5 Å². The summed E-state index contributed by atoms with van der Waals surface area (Å²) in [5.74, 6) is 1.12. The quantitative estimate of drug-likeness (QED) is 0.692. The van der Waals surface area contributed by atoms with Crippen LogP contribution >= 0.6 is 0 Å². The molecule has 0 aliphatic heterocycles. The number of benzene rings is 1. The molecule has 0 aromatic heterocycles. The maximum atomic E-state index is 12.5. The standard InChI is InChI=1S/C16H25NO4/c1-6-17(7-2)16(18)14-9-8-13(20-11-19-5)10-15(14)21-12(3)4/h8-10,12H,6-7,11H2,1-5H3. The Balaban J connectivity index is 3.08. The lowest BCUT2D eigenvalue weighted by molar-refractivity contribution is 0.0508. The molecule has 0 saturated heterocycles. The van der Waals surface area contributed by atoms with Gasteiger partial charge in [-0.05, 0) is 39.8 Å². The SMILES string of the molecule is CCN(CC)C(=O)c1ccc(OCOC)cc1OC(C)C. The molecule has 5 heteroatoms. The van der Waals surface area contributed by atoms with Crippen LogP contribution in [0.4, 0.5) is 0 Å². The first kappa shape index (κ1) is 17.3. The van der Waals surface area contributed by atoms with Gasteiger partial charge in [0, 0.05) is 26.3 Å². The van der Waals surface area contributed by atoms with E-state index < -0.39 is 0 Å². The second-order valence-electron chi connectivity index (χ2n) is 4.85. The number of methoxy groups -OCH3 is 1. The first-order valence-corrected chi connectivity index (χ1v) is 7.25. The van der Waals surface area contributed by atoms with Gasteiger partial charge in [0.2, 0.25) is 0 Å². The van der Waals surface area contributed by atoms with Crippen molar-refractivity contribution in [1.29, 1.82) is 0 Å². The van der Waals surface area contributed by atoms with Crippen LogP contribution in [0.5, 0.6) is 11.5 Å². The Kier molecular flexibility index (Phi) is 7.02. The summed E-state index contributed by atoms with van der Waals surface area (Å²) < 4.78 is 16.0. The largest absolute Gasteiger partial charge is 0.490 e. The third-order valence-corrected chi connectivity index (χ3v) is 2.94. The maximum Gasteiger partial charge on any atom is 0.257 e. The van der Waals surface area contributed by atoms with Crippen LogP contribution in [0.15, 0.2) is 18.2 Å². The van der Waals surface area contributed by atoms with Crippen molar-refractivity contribution < 1.29 is 19.0 Å². The lowest BCUT2D eigenvalue weighted by Crippen LogP contribution is -2.31. The Morgan fingerprint density at radius 1 is 1.24 bits per heavy atom. The van der Waals surface area contributed by atoms with Gasteiger partial charge in [-0.15, -0.1) is 0 Å². The fourth-order valence-electron chi connectivity index (χ4n) is 1.93. The first-order chi connectivity index (χ1) is 10.0. The monoisotopic (exact) mass is 295 g/mol. The van der Waals surface area contributed by atoms with Crippen LogP contribution in [0.3, 0.4) is 0 Å². The molecule has 0 unspecified atom stereocenters. The highest BCUT2D eigenvalue weighted by Crippen LogP contribution is 2.27. The molecule has 0 fully saturated rings. The zero-order chi connectivity index (χ0) is 15.8. The van der Waals surface area contributed by atoms with E-state index in [1.165, 1.54) is 0 Å². The van der Waals surface area contributed by atoms with Crippen molar-refractivity contribution in [3.05, 3.63) is 23.8 Å². The fourth-order valence-corrected chi connectivity index (χ4v) is 1.93. The van der Waals surface area contributed by atoms with Crippen LogP contribution in [0.1, 0.15) is 38.1 Å². The predicted octanol–water partition coefficient (Wildman–Crippen LogP) is 2.94. The normalized spacial score (nSPS) is 10.6. The second kappa shape index (κ2) is 8.52. The maximum absolute atomic E-state index is 12.5. The van der Waals surface area contributed by atoms with E-state index in [2.05, 4.69) is 0 Å². The van der Waals surface area contributed by atoms with Crippen molar-refractivity contribution >= 4 is 5.91 Å². The third-order valence-electron chi connectivity index (χ3n) is 2.94. The predicted molar refractivity (Wildman–Crippen MR) is 82.0 cm³/mol. The average molecular weight is 295 g/mol. The van der Waals surface area contributed by atoms with E-state index in [4.69, 9.17) is 14.2 Å². The molecule has 5 nitrogen and oxygen atoms in total. The van der Waals surface area contributed by atoms with Crippen molar-refractivity contribution in [2.45, 2.75) is 33.8 Å². The topological polar surface area (TPSA) is 48.0 Å². The third kappa shape index (κ3) is 4.93. The molecule has 0 saturated carbocycles. The van der Waals surface area contributed by atoms with E-state index in [1.54, 1.807) is 30.2 Å². The Bertz CT molecular complexity index is 456. The van der Waals surface area contributed by atoms with Gasteiger partial charge in [-0.2, -0.15) is 0 Å². The van der Waals surface area contributed by atoms with E-state index in [-0.39, 0.29) is 18.8 Å². The van der Waals surface area contributed by atoms with Crippen LogP contribution in [-0.4, -0.2) is 43.9 Å². The van der Waals surface area contributed by atoms with Crippen molar-refractivity contribution in [2.75, 3.05) is 27.0 Å². The van der Waals surface area contributed by atoms with Gasteiger partial charge in [-0.25, -0.2) is 0 Å². The highest BCUT2D eigenvalue weighted by Gasteiger charge is 2.19. The molecule has 0 heterocycles. The van der Waals surface area contributed by atoms with E-state index in [0.717, 1.165) is 0 Å². The van der Waals surface area contributed by atoms with Crippen molar-refractivity contribution in [3.63, 3.8) is 0 Å². The molecular formula is C16H25NO4. The van der Waals surface area contributed by atoms with Crippen LogP contribution < -0.4 is 9.47 Å². The average Bonchev–Trinajstić information content (AvgIpc) is 2.45. The molecule has 0 aliphatic carbocycles. The molecule has 0 atom stereocenters. The van der Waals surface area contributed by atoms with Gasteiger partial charge in [0.15, 0.2) is 6.79 Å². The summed E-state index contributed by atoms with van der Waals surface area (Å²) in [6.07, 6.45) is -0.0223. The molecule has 118 valence electrons. The zero-order valence-electron chi connectivity index (χ0n) is 13.5. The van der Waals surface area contributed by atoms with Gasteiger partial charge in [-0.1, -0.05) is 0 Å². The van der Waals surface area contributed by atoms with Gasteiger partial charge in [0.1, 0.15) is 11.5 Å². The molecular weight excluding hydrogens is 270 g/mol. The van der Waals surface area contributed by atoms with Crippen LogP contribution in [0.2, 0.25) is 0 Å². The van der Waals surface area contributed by atoms with Crippen LogP contribution in [-0.2, 0) is 4.74 Å². The number of amides is 1. The number of carbonyl (C=O) groups is 1. The Labute approximate surface area is 126 Å². The van der Waals surface area contributed by atoms with E-state index >= 15 is 0 Å². The highest BCUT2D eigenvalue weighted by atomic mass is 16.7. The van der Waals surface area contributed by atoms with Gasteiger partial charge >= 0.3 is 0 Å². The molecule has 0 N–H and O–H groups in total. The van der Waals surface area contributed by atoms with Gasteiger partial charge in [-0.3, -0.25) is 4.79 Å². The van der Waals surface area contributed by atoms with Crippen LogP contribution in [0.25, 0.3) is 0 Å². The molecule has 1 aromatic carbocycles. The van der Waals surface area contributed by atoms with Gasteiger partial charge < -0.3 is 19.1 Å². The summed E-state index contributed by atoms with van der Waals surface area (Å²) in [6, 6.07) is 5.22. The summed E-state index contributed by atoms with van der Waals surface area (Å²) in [7, 11) is 1.56. The van der Waals surface area contributed by atoms with Gasteiger partial charge in [0.25, 0.3) is 5.91 Å². The Morgan fingerprint density at radius 2 is 1.90 bits per heavy atom. The molecule has 1 rings (SSSR count). The molecule has 0 bridgehead atoms. The number of rotatable bonds is 8. The summed E-state index contributed by atoms with van der Waals surface area (Å²) in [5, 5.41) is 0. The molecule has 1 amide bonds. The number of hydrogen-bond acceptors (Lipinski definition) is 4. The summed E-state index contributed by atoms with van der Waals surface area (Å²) in [4.78, 5) is 14.3. The molecule has 1 aromatic rings. The lowest BCUT2D eigenvalue weighted by atomic mass is 10.1.